The second-order valence-electron chi connectivity index (χ2n) is 6.64. The fourth-order valence-electron chi connectivity index (χ4n) is 4.03. The molecule has 1 atom stereocenters. The molecule has 0 amide bonds. The van der Waals surface area contributed by atoms with E-state index in [0.29, 0.717) is 11.8 Å². The van der Waals surface area contributed by atoms with Crippen LogP contribution in [0.3, 0.4) is 0 Å². The Morgan fingerprint density at radius 2 is 1.62 bits per heavy atom. The van der Waals surface area contributed by atoms with Crippen molar-refractivity contribution in [3.63, 3.8) is 0 Å². The lowest BCUT2D eigenvalue weighted by Gasteiger charge is -2.43. The summed E-state index contributed by atoms with van der Waals surface area (Å²) in [5.41, 5.74) is 1.40. The average molecular weight is 369 g/mol. The van der Waals surface area contributed by atoms with Gasteiger partial charge in [-0.3, -0.25) is 4.90 Å². The first-order valence-corrected chi connectivity index (χ1v) is 8.50. The van der Waals surface area contributed by atoms with Gasteiger partial charge in [-0.05, 0) is 35.8 Å². The van der Waals surface area contributed by atoms with Gasteiger partial charge in [-0.25, -0.2) is 0 Å². The van der Waals surface area contributed by atoms with Crippen LogP contribution in [0.25, 0.3) is 10.8 Å². The monoisotopic (exact) mass is 368 g/mol. The number of rotatable bonds is 3. The van der Waals surface area contributed by atoms with Crippen molar-refractivity contribution in [1.82, 2.24) is 10.2 Å². The van der Waals surface area contributed by atoms with Crippen LogP contribution in [0.1, 0.15) is 30.9 Å². The SMILES string of the molecule is Cl.Cl.Oc1ccc([C@H](C2CCC2)N2CCNCC2)c2ccccc12. The number of benzene rings is 2. The minimum Gasteiger partial charge on any atom is -0.507 e. The van der Waals surface area contributed by atoms with Crippen molar-refractivity contribution in [2.75, 3.05) is 26.2 Å². The van der Waals surface area contributed by atoms with Crippen molar-refractivity contribution in [1.29, 1.82) is 0 Å². The Bertz CT molecular complexity index is 669. The van der Waals surface area contributed by atoms with Crippen molar-refractivity contribution in [3.05, 3.63) is 42.0 Å². The molecule has 0 aromatic heterocycles. The third-order valence-corrected chi connectivity index (χ3v) is 5.39. The van der Waals surface area contributed by atoms with Gasteiger partial charge in [-0.1, -0.05) is 36.8 Å². The quantitative estimate of drug-likeness (QED) is 0.854. The maximum atomic E-state index is 10.2. The molecule has 0 radical (unpaired) electrons. The number of halogens is 2. The Morgan fingerprint density at radius 3 is 2.25 bits per heavy atom. The van der Waals surface area contributed by atoms with Crippen LogP contribution in [0.15, 0.2) is 36.4 Å². The Morgan fingerprint density at radius 1 is 0.958 bits per heavy atom. The summed E-state index contributed by atoms with van der Waals surface area (Å²) in [4.78, 5) is 2.65. The molecule has 4 rings (SSSR count). The van der Waals surface area contributed by atoms with Crippen molar-refractivity contribution in [3.8, 4) is 5.75 Å². The van der Waals surface area contributed by atoms with Crippen LogP contribution in [-0.2, 0) is 0 Å². The summed E-state index contributed by atoms with van der Waals surface area (Å²) >= 11 is 0. The molecule has 1 aliphatic carbocycles. The van der Waals surface area contributed by atoms with Gasteiger partial charge < -0.3 is 10.4 Å². The van der Waals surface area contributed by atoms with Crippen molar-refractivity contribution >= 4 is 35.6 Å². The minimum atomic E-state index is 0. The van der Waals surface area contributed by atoms with Gasteiger partial charge in [-0.15, -0.1) is 24.8 Å². The summed E-state index contributed by atoms with van der Waals surface area (Å²) in [5.74, 6) is 1.16. The van der Waals surface area contributed by atoms with Gasteiger partial charge >= 0.3 is 0 Å². The number of hydrogen-bond acceptors (Lipinski definition) is 3. The molecule has 0 bridgehead atoms. The number of phenols is 1. The zero-order chi connectivity index (χ0) is 14.9. The van der Waals surface area contributed by atoms with E-state index in [9.17, 15) is 5.11 Å². The van der Waals surface area contributed by atoms with E-state index in [0.717, 1.165) is 37.5 Å². The van der Waals surface area contributed by atoms with Gasteiger partial charge in [0.25, 0.3) is 0 Å². The van der Waals surface area contributed by atoms with Crippen molar-refractivity contribution in [2.24, 2.45) is 5.92 Å². The Hall–Kier alpha value is -1.00. The molecular formula is C19H26Cl2N2O. The zero-order valence-corrected chi connectivity index (χ0v) is 15.4. The maximum absolute atomic E-state index is 10.2. The first-order valence-electron chi connectivity index (χ1n) is 8.50. The highest BCUT2D eigenvalue weighted by Crippen LogP contribution is 2.44. The average Bonchev–Trinajstić information content (AvgIpc) is 2.53. The van der Waals surface area contributed by atoms with E-state index in [1.165, 1.54) is 30.2 Å². The van der Waals surface area contributed by atoms with Gasteiger partial charge in [0.05, 0.1) is 0 Å². The lowest BCUT2D eigenvalue weighted by atomic mass is 9.75. The van der Waals surface area contributed by atoms with E-state index in [2.05, 4.69) is 28.4 Å². The summed E-state index contributed by atoms with van der Waals surface area (Å²) in [6, 6.07) is 12.8. The summed E-state index contributed by atoms with van der Waals surface area (Å²) in [7, 11) is 0. The third kappa shape index (κ3) is 3.50. The molecule has 3 nitrogen and oxygen atoms in total. The van der Waals surface area contributed by atoms with E-state index in [1.54, 1.807) is 0 Å². The molecular weight excluding hydrogens is 343 g/mol. The summed E-state index contributed by atoms with van der Waals surface area (Å²) in [5, 5.41) is 15.8. The van der Waals surface area contributed by atoms with Gasteiger partial charge in [0.2, 0.25) is 0 Å². The molecule has 2 N–H and O–H groups in total. The lowest BCUT2D eigenvalue weighted by molar-refractivity contribution is 0.0846. The van der Waals surface area contributed by atoms with Crippen LogP contribution in [-0.4, -0.2) is 36.2 Å². The number of aromatic hydroxyl groups is 1. The Labute approximate surface area is 156 Å². The summed E-state index contributed by atoms with van der Waals surface area (Å²) < 4.78 is 0. The van der Waals surface area contributed by atoms with Crippen LogP contribution in [0.4, 0.5) is 0 Å². The van der Waals surface area contributed by atoms with Crippen LogP contribution in [0.2, 0.25) is 0 Å². The number of fused-ring (bicyclic) bond motifs is 1. The lowest BCUT2D eigenvalue weighted by Crippen LogP contribution is -2.47. The number of nitrogens with one attached hydrogen (secondary N) is 1. The molecule has 0 unspecified atom stereocenters. The predicted molar refractivity (Wildman–Crippen MR) is 105 cm³/mol. The summed E-state index contributed by atoms with van der Waals surface area (Å²) in [6.45, 7) is 4.41. The van der Waals surface area contributed by atoms with Gasteiger partial charge in [0.15, 0.2) is 0 Å². The van der Waals surface area contributed by atoms with E-state index in [1.807, 2.05) is 18.2 Å². The van der Waals surface area contributed by atoms with E-state index < -0.39 is 0 Å². The van der Waals surface area contributed by atoms with Crippen LogP contribution in [0, 0.1) is 5.92 Å². The molecule has 2 aromatic carbocycles. The third-order valence-electron chi connectivity index (χ3n) is 5.39. The van der Waals surface area contributed by atoms with Gasteiger partial charge in [0, 0.05) is 37.6 Å². The fourth-order valence-corrected chi connectivity index (χ4v) is 4.03. The Balaban J connectivity index is 0.00000104. The largest absolute Gasteiger partial charge is 0.507 e. The fraction of sp³-hybridized carbons (Fsp3) is 0.474. The second-order valence-corrected chi connectivity index (χ2v) is 6.64. The molecule has 1 saturated heterocycles. The number of nitrogens with zero attached hydrogens (tertiary/aromatic N) is 1. The highest BCUT2D eigenvalue weighted by molar-refractivity contribution is 5.91. The molecule has 24 heavy (non-hydrogen) atoms. The molecule has 1 aliphatic heterocycles. The number of piperazine rings is 1. The van der Waals surface area contributed by atoms with Gasteiger partial charge in [0.1, 0.15) is 5.75 Å². The molecule has 0 spiro atoms. The smallest absolute Gasteiger partial charge is 0.123 e. The highest BCUT2D eigenvalue weighted by Gasteiger charge is 2.34. The molecule has 2 aliphatic rings. The predicted octanol–water partition coefficient (Wildman–Crippen LogP) is 4.14. The molecule has 5 heteroatoms. The number of hydrogen-bond donors (Lipinski definition) is 2. The van der Waals surface area contributed by atoms with Crippen LogP contribution in [0.5, 0.6) is 5.75 Å². The Kier molecular flexibility index (Phi) is 6.76. The van der Waals surface area contributed by atoms with Crippen LogP contribution >= 0.6 is 24.8 Å². The summed E-state index contributed by atoms with van der Waals surface area (Å²) in [6.07, 6.45) is 4.04. The van der Waals surface area contributed by atoms with E-state index in [4.69, 9.17) is 0 Å². The highest BCUT2D eigenvalue weighted by atomic mass is 35.5. The molecule has 2 aromatic rings. The second kappa shape index (κ2) is 8.39. The molecule has 1 heterocycles. The number of phenolic OH excluding ortho intramolecular Hbond substituents is 1. The van der Waals surface area contributed by atoms with Crippen LogP contribution < -0.4 is 5.32 Å². The molecule has 2 fully saturated rings. The normalized spacial score (nSPS) is 19.8. The van der Waals surface area contributed by atoms with E-state index in [-0.39, 0.29) is 24.8 Å². The molecule has 132 valence electrons. The first-order chi connectivity index (χ1) is 10.8. The molecule has 1 saturated carbocycles. The minimum absolute atomic E-state index is 0. The van der Waals surface area contributed by atoms with Crippen molar-refractivity contribution < 1.29 is 5.11 Å². The maximum Gasteiger partial charge on any atom is 0.123 e. The van der Waals surface area contributed by atoms with Gasteiger partial charge in [-0.2, -0.15) is 0 Å². The standard InChI is InChI=1S/C19H24N2O.2ClH/c22-18-9-8-17(15-6-1-2-7-16(15)18)19(14-4-3-5-14)21-12-10-20-11-13-21;;/h1-2,6-9,14,19-20,22H,3-5,10-13H2;2*1H/t19-;;/m0../s1. The van der Waals surface area contributed by atoms with Crippen molar-refractivity contribution in [2.45, 2.75) is 25.3 Å². The van der Waals surface area contributed by atoms with E-state index >= 15 is 0 Å². The topological polar surface area (TPSA) is 35.5 Å². The zero-order valence-electron chi connectivity index (χ0n) is 13.8. The first kappa shape index (κ1) is 19.3.